The second-order valence-electron chi connectivity index (χ2n) is 4.95. The normalized spacial score (nSPS) is 11.0. The molecule has 0 spiro atoms. The van der Waals surface area contributed by atoms with Crippen molar-refractivity contribution in [2.75, 3.05) is 11.9 Å². The van der Waals surface area contributed by atoms with Crippen molar-refractivity contribution in [3.8, 4) is 0 Å². The molecule has 3 aromatic rings. The van der Waals surface area contributed by atoms with Gasteiger partial charge in [-0.1, -0.05) is 83.8 Å². The number of nitrogens with zero attached hydrogens (tertiary/aromatic N) is 2. The van der Waals surface area contributed by atoms with Gasteiger partial charge >= 0.3 is 0 Å². The number of aromatic nitrogens is 2. The molecule has 3 nitrogen and oxygen atoms in total. The van der Waals surface area contributed by atoms with Gasteiger partial charge in [-0.05, 0) is 17.2 Å². The van der Waals surface area contributed by atoms with Crippen LogP contribution in [0.1, 0.15) is 11.1 Å². The maximum atomic E-state index is 13.6. The van der Waals surface area contributed by atoms with Crippen LogP contribution in [0.3, 0.4) is 0 Å². The van der Waals surface area contributed by atoms with E-state index in [9.17, 15) is 4.39 Å². The number of hydrogen-bond donors (Lipinski definition) is 1. The van der Waals surface area contributed by atoms with Gasteiger partial charge in [0.05, 0.1) is 0 Å². The van der Waals surface area contributed by atoms with Crippen molar-refractivity contribution in [3.63, 3.8) is 0 Å². The van der Waals surface area contributed by atoms with E-state index in [-0.39, 0.29) is 5.82 Å². The maximum Gasteiger partial charge on any atom is 0.206 e. The Morgan fingerprint density at radius 3 is 2.67 bits per heavy atom. The smallest absolute Gasteiger partial charge is 0.206 e. The first-order chi connectivity index (χ1) is 11.8. The van der Waals surface area contributed by atoms with Gasteiger partial charge in [0.2, 0.25) is 5.13 Å². The summed E-state index contributed by atoms with van der Waals surface area (Å²) in [5, 5.41) is 12.2. The molecule has 0 saturated carbocycles. The second kappa shape index (κ2) is 8.61. The number of rotatable bonds is 7. The van der Waals surface area contributed by atoms with E-state index in [2.05, 4.69) is 33.7 Å². The largest absolute Gasteiger partial charge is 0.357 e. The molecule has 0 aliphatic heterocycles. The molecule has 1 aromatic heterocycles. The molecule has 0 amide bonds. The molecule has 0 radical (unpaired) electrons. The Morgan fingerprint density at radius 2 is 1.83 bits per heavy atom. The van der Waals surface area contributed by atoms with E-state index in [1.54, 1.807) is 12.1 Å². The van der Waals surface area contributed by atoms with Gasteiger partial charge in [-0.15, -0.1) is 10.2 Å². The highest BCUT2D eigenvalue weighted by Crippen LogP contribution is 2.28. The molecule has 0 aliphatic rings. The van der Waals surface area contributed by atoms with Gasteiger partial charge in [-0.2, -0.15) is 0 Å². The van der Waals surface area contributed by atoms with Crippen molar-refractivity contribution in [1.29, 1.82) is 0 Å². The van der Waals surface area contributed by atoms with Crippen LogP contribution in [0.4, 0.5) is 9.52 Å². The van der Waals surface area contributed by atoms with Crippen LogP contribution in [0, 0.1) is 5.82 Å². The minimum Gasteiger partial charge on any atom is -0.357 e. The molecule has 1 N–H and O–H groups in total. The van der Waals surface area contributed by atoms with Gasteiger partial charge in [-0.3, -0.25) is 0 Å². The van der Waals surface area contributed by atoms with Crippen LogP contribution >= 0.6 is 23.1 Å². The summed E-state index contributed by atoms with van der Waals surface area (Å²) in [6, 6.07) is 16.9. The van der Waals surface area contributed by atoms with Crippen LogP contribution in [-0.4, -0.2) is 16.7 Å². The number of thioether (sulfide) groups is 1. The van der Waals surface area contributed by atoms with Crippen molar-refractivity contribution in [3.05, 3.63) is 77.6 Å². The van der Waals surface area contributed by atoms with Crippen molar-refractivity contribution in [2.45, 2.75) is 10.1 Å². The van der Waals surface area contributed by atoms with Gasteiger partial charge in [0.25, 0.3) is 0 Å². The predicted octanol–water partition coefficient (Wildman–Crippen LogP) is 5.09. The Hall–Kier alpha value is -2.18. The van der Waals surface area contributed by atoms with Crippen LogP contribution in [0.25, 0.3) is 6.08 Å². The lowest BCUT2D eigenvalue weighted by molar-refractivity contribution is 0.617. The molecule has 24 heavy (non-hydrogen) atoms. The van der Waals surface area contributed by atoms with Gasteiger partial charge in [0, 0.05) is 12.3 Å². The second-order valence-corrected chi connectivity index (χ2v) is 7.15. The van der Waals surface area contributed by atoms with Gasteiger partial charge < -0.3 is 5.32 Å². The molecule has 3 rings (SSSR count). The molecule has 0 bridgehead atoms. The van der Waals surface area contributed by atoms with Gasteiger partial charge in [0.1, 0.15) is 5.82 Å². The third kappa shape index (κ3) is 4.91. The average Bonchev–Trinajstić information content (AvgIpc) is 3.07. The lowest BCUT2D eigenvalue weighted by atomic mass is 10.2. The van der Waals surface area contributed by atoms with Crippen LogP contribution in [0.15, 0.2) is 65.0 Å². The first kappa shape index (κ1) is 16.7. The Morgan fingerprint density at radius 1 is 1.04 bits per heavy atom. The summed E-state index contributed by atoms with van der Waals surface area (Å²) >= 11 is 2.97. The highest BCUT2D eigenvalue weighted by Gasteiger charge is 2.06. The number of anilines is 1. The summed E-state index contributed by atoms with van der Waals surface area (Å²) in [7, 11) is 0. The molecule has 122 valence electrons. The summed E-state index contributed by atoms with van der Waals surface area (Å²) in [5.41, 5.74) is 1.84. The Bertz CT molecular complexity index is 803. The summed E-state index contributed by atoms with van der Waals surface area (Å²) in [4.78, 5) is 0. The molecule has 0 unspecified atom stereocenters. The lowest BCUT2D eigenvalue weighted by Crippen LogP contribution is -1.96. The summed E-state index contributed by atoms with van der Waals surface area (Å²) in [6.45, 7) is 0.682. The van der Waals surface area contributed by atoms with E-state index in [0.29, 0.717) is 17.9 Å². The number of halogens is 1. The zero-order chi connectivity index (χ0) is 16.6. The van der Waals surface area contributed by atoms with E-state index >= 15 is 0 Å². The first-order valence-corrected chi connectivity index (χ1v) is 9.26. The molecular weight excluding hydrogens is 341 g/mol. The molecule has 1 heterocycles. The molecule has 0 fully saturated rings. The fourth-order valence-corrected chi connectivity index (χ4v) is 3.75. The van der Waals surface area contributed by atoms with Crippen LogP contribution < -0.4 is 5.32 Å². The molecule has 0 saturated heterocycles. The predicted molar refractivity (Wildman–Crippen MR) is 99.8 cm³/mol. The highest BCUT2D eigenvalue weighted by molar-refractivity contribution is 8.00. The van der Waals surface area contributed by atoms with E-state index in [1.165, 1.54) is 29.2 Å². The molecular formula is C18H16FN3S2. The third-order valence-corrected chi connectivity index (χ3v) is 5.26. The number of benzene rings is 2. The van der Waals surface area contributed by atoms with Gasteiger partial charge in [-0.25, -0.2) is 4.39 Å². The Kier molecular flexibility index (Phi) is 5.98. The van der Waals surface area contributed by atoms with Crippen LogP contribution in [0.2, 0.25) is 0 Å². The van der Waals surface area contributed by atoms with E-state index in [1.807, 2.05) is 30.3 Å². The van der Waals surface area contributed by atoms with Crippen molar-refractivity contribution < 1.29 is 4.39 Å². The van der Waals surface area contributed by atoms with Gasteiger partial charge in [0.15, 0.2) is 4.34 Å². The molecule has 6 heteroatoms. The summed E-state index contributed by atoms with van der Waals surface area (Å²) < 4.78 is 14.4. The summed E-state index contributed by atoms with van der Waals surface area (Å²) in [6.07, 6.45) is 4.10. The highest BCUT2D eigenvalue weighted by atomic mass is 32.2. The van der Waals surface area contributed by atoms with Crippen molar-refractivity contribution >= 4 is 34.3 Å². The van der Waals surface area contributed by atoms with Crippen molar-refractivity contribution in [1.82, 2.24) is 10.2 Å². The van der Waals surface area contributed by atoms with Crippen molar-refractivity contribution in [2.24, 2.45) is 0 Å². The monoisotopic (exact) mass is 357 g/mol. The fourth-order valence-electron chi connectivity index (χ4n) is 2.00. The quantitative estimate of drug-likeness (QED) is 0.597. The van der Waals surface area contributed by atoms with Crippen LogP contribution in [0.5, 0.6) is 0 Å². The Labute approximate surface area is 148 Å². The first-order valence-electron chi connectivity index (χ1n) is 7.46. The average molecular weight is 357 g/mol. The lowest BCUT2D eigenvalue weighted by Gasteiger charge is -1.99. The summed E-state index contributed by atoms with van der Waals surface area (Å²) in [5.74, 6) is 0.369. The van der Waals surface area contributed by atoms with E-state index < -0.39 is 0 Å². The van der Waals surface area contributed by atoms with E-state index in [4.69, 9.17) is 0 Å². The molecule has 0 aliphatic carbocycles. The fraction of sp³-hybridized carbons (Fsp3) is 0.111. The molecule has 0 atom stereocenters. The third-order valence-electron chi connectivity index (χ3n) is 3.20. The minimum atomic E-state index is -0.182. The zero-order valence-electron chi connectivity index (χ0n) is 12.9. The topological polar surface area (TPSA) is 37.8 Å². The van der Waals surface area contributed by atoms with E-state index in [0.717, 1.165) is 15.0 Å². The maximum absolute atomic E-state index is 13.6. The Balaban J connectivity index is 1.47. The SMILES string of the molecule is Fc1ccccc1CSc1nnc(NC/C=C/c2ccccc2)s1. The number of nitrogens with one attached hydrogen (secondary N) is 1. The zero-order valence-corrected chi connectivity index (χ0v) is 14.5. The standard InChI is InChI=1S/C18H16FN3S2/c19-16-11-5-4-10-15(16)13-23-18-22-21-17(24-18)20-12-6-9-14-7-2-1-3-8-14/h1-11H,12-13H2,(H,20,21)/b9-6+. The van der Waals surface area contributed by atoms with Crippen LogP contribution in [-0.2, 0) is 5.75 Å². The molecule has 2 aromatic carbocycles. The minimum absolute atomic E-state index is 0.182. The number of hydrogen-bond acceptors (Lipinski definition) is 5.